The van der Waals surface area contributed by atoms with Crippen molar-refractivity contribution in [1.29, 1.82) is 5.26 Å². The summed E-state index contributed by atoms with van der Waals surface area (Å²) >= 11 is 1.43. The molecule has 0 aliphatic carbocycles. The van der Waals surface area contributed by atoms with Crippen molar-refractivity contribution in [3.63, 3.8) is 0 Å². The Hall–Kier alpha value is -3.97. The van der Waals surface area contributed by atoms with Crippen molar-refractivity contribution in [3.8, 4) is 6.07 Å². The third-order valence-corrected chi connectivity index (χ3v) is 8.96. The number of carbonyl (C=O) groups excluding carboxylic acids is 1. The fourth-order valence-corrected chi connectivity index (χ4v) is 6.76. The maximum atomic E-state index is 13.1. The third kappa shape index (κ3) is 5.63. The van der Waals surface area contributed by atoms with Crippen molar-refractivity contribution in [2.24, 2.45) is 0 Å². The van der Waals surface area contributed by atoms with Crippen LogP contribution in [0.1, 0.15) is 37.5 Å². The van der Waals surface area contributed by atoms with Gasteiger partial charge in [-0.1, -0.05) is 54.1 Å². The fraction of sp³-hybridized carbons (Fsp3) is 0.172. The van der Waals surface area contributed by atoms with Crippen LogP contribution < -0.4 is 10.0 Å². The Morgan fingerprint density at radius 2 is 1.82 bits per heavy atom. The van der Waals surface area contributed by atoms with Gasteiger partial charge in [0.05, 0.1) is 10.5 Å². The lowest BCUT2D eigenvalue weighted by Gasteiger charge is -2.26. The number of aryl methyl sites for hydroxylation is 1. The highest BCUT2D eigenvalue weighted by atomic mass is 32.2. The van der Waals surface area contributed by atoms with Crippen LogP contribution in [0.5, 0.6) is 0 Å². The Labute approximate surface area is 226 Å². The molecule has 1 amide bonds. The Morgan fingerprint density at radius 3 is 2.55 bits per heavy atom. The summed E-state index contributed by atoms with van der Waals surface area (Å²) in [6.07, 6.45) is 0.744. The van der Waals surface area contributed by atoms with Gasteiger partial charge in [-0.05, 0) is 54.8 Å². The van der Waals surface area contributed by atoms with Gasteiger partial charge < -0.3 is 5.32 Å². The minimum absolute atomic E-state index is 0.141. The molecule has 0 unspecified atom stereocenters. The van der Waals surface area contributed by atoms with E-state index in [4.69, 9.17) is 0 Å². The first-order chi connectivity index (χ1) is 18.3. The smallest absolute Gasteiger partial charge is 0.261 e. The number of nitrogens with zero attached hydrogens (tertiary/aromatic N) is 2. The number of hydrogen-bond acceptors (Lipinski definition) is 6. The first-order valence-electron chi connectivity index (χ1n) is 12.1. The van der Waals surface area contributed by atoms with Gasteiger partial charge in [-0.25, -0.2) is 8.42 Å². The molecule has 0 fully saturated rings. The molecule has 9 heteroatoms. The van der Waals surface area contributed by atoms with Crippen LogP contribution in [0.2, 0.25) is 0 Å². The minimum atomic E-state index is -3.80. The molecular weight excluding hydrogens is 516 g/mol. The Bertz CT molecular complexity index is 1620. The lowest BCUT2D eigenvalue weighted by atomic mass is 10.0. The van der Waals surface area contributed by atoms with E-state index in [1.165, 1.54) is 35.1 Å². The van der Waals surface area contributed by atoms with Gasteiger partial charge in [0.1, 0.15) is 11.1 Å². The number of nitrogens with one attached hydrogen (secondary N) is 2. The monoisotopic (exact) mass is 542 g/mol. The molecule has 192 valence electrons. The molecule has 0 spiro atoms. The predicted molar refractivity (Wildman–Crippen MR) is 150 cm³/mol. The summed E-state index contributed by atoms with van der Waals surface area (Å²) in [5.41, 5.74) is 4.26. The predicted octanol–water partition coefficient (Wildman–Crippen LogP) is 5.54. The molecule has 3 aromatic carbocycles. The van der Waals surface area contributed by atoms with Gasteiger partial charge in [0.2, 0.25) is 0 Å². The molecule has 5 rings (SSSR count). The van der Waals surface area contributed by atoms with E-state index in [1.54, 1.807) is 30.3 Å². The van der Waals surface area contributed by atoms with E-state index in [2.05, 4.69) is 33.1 Å². The molecule has 2 N–H and O–H groups in total. The molecule has 0 atom stereocenters. The summed E-state index contributed by atoms with van der Waals surface area (Å²) < 4.78 is 28.1. The molecule has 7 nitrogen and oxygen atoms in total. The van der Waals surface area contributed by atoms with Crippen molar-refractivity contribution in [2.45, 2.75) is 31.3 Å². The molecule has 0 bridgehead atoms. The van der Waals surface area contributed by atoms with Crippen LogP contribution in [0.3, 0.4) is 0 Å². The molecular formula is C29H26N4O3S2. The van der Waals surface area contributed by atoms with Crippen LogP contribution in [0.15, 0.2) is 83.8 Å². The lowest BCUT2D eigenvalue weighted by molar-refractivity contribution is 0.102. The second-order valence-electron chi connectivity index (χ2n) is 9.22. The van der Waals surface area contributed by atoms with Gasteiger partial charge in [0.15, 0.2) is 0 Å². The molecule has 1 aromatic heterocycles. The van der Waals surface area contributed by atoms with E-state index in [1.807, 2.05) is 25.1 Å². The van der Waals surface area contributed by atoms with E-state index in [0.29, 0.717) is 10.6 Å². The fourth-order valence-electron chi connectivity index (χ4n) is 4.47. The summed E-state index contributed by atoms with van der Waals surface area (Å²) in [6, 6.07) is 25.4. The van der Waals surface area contributed by atoms with E-state index < -0.39 is 15.9 Å². The van der Waals surface area contributed by atoms with Gasteiger partial charge in [-0.3, -0.25) is 14.4 Å². The van der Waals surface area contributed by atoms with Gasteiger partial charge >= 0.3 is 0 Å². The highest BCUT2D eigenvalue weighted by Crippen LogP contribution is 2.37. The van der Waals surface area contributed by atoms with Crippen LogP contribution in [-0.2, 0) is 29.5 Å². The van der Waals surface area contributed by atoms with E-state index in [9.17, 15) is 18.5 Å². The van der Waals surface area contributed by atoms with Crippen molar-refractivity contribution in [1.82, 2.24) is 4.90 Å². The number of thiophene rings is 1. The number of fused-ring (bicyclic) bond motifs is 1. The zero-order chi connectivity index (χ0) is 26.7. The topological polar surface area (TPSA) is 102 Å². The summed E-state index contributed by atoms with van der Waals surface area (Å²) in [7, 11) is -3.80. The maximum absolute atomic E-state index is 13.1. The molecule has 38 heavy (non-hydrogen) atoms. The first kappa shape index (κ1) is 25.7. The highest BCUT2D eigenvalue weighted by Gasteiger charge is 2.25. The standard InChI is InChI=1S/C29H26N4O3S2/c1-20-10-12-24(13-11-20)38(35,36)32-23-9-5-8-22(16-23)28(34)31-29-26(17-30)25-14-15-33(19-27(25)37-29)18-21-6-3-2-4-7-21/h2-13,16,32H,14-15,18-19H2,1H3,(H,31,34). The van der Waals surface area contributed by atoms with E-state index in [-0.39, 0.29) is 16.1 Å². The van der Waals surface area contributed by atoms with Crippen LogP contribution >= 0.6 is 11.3 Å². The summed E-state index contributed by atoms with van der Waals surface area (Å²) in [5, 5.41) is 13.3. The van der Waals surface area contributed by atoms with Crippen LogP contribution in [-0.4, -0.2) is 25.8 Å². The minimum Gasteiger partial charge on any atom is -0.312 e. The van der Waals surface area contributed by atoms with Crippen LogP contribution in [0.4, 0.5) is 10.7 Å². The number of carbonyl (C=O) groups is 1. The molecule has 0 saturated carbocycles. The molecule has 0 saturated heterocycles. The first-order valence-corrected chi connectivity index (χ1v) is 14.4. The van der Waals surface area contributed by atoms with Crippen molar-refractivity contribution >= 4 is 38.0 Å². The van der Waals surface area contributed by atoms with Crippen molar-refractivity contribution in [2.75, 3.05) is 16.6 Å². The molecule has 4 aromatic rings. The third-order valence-electron chi connectivity index (χ3n) is 6.43. The van der Waals surface area contributed by atoms with Crippen molar-refractivity contribution in [3.05, 3.63) is 112 Å². The molecule has 1 aliphatic heterocycles. The van der Waals surface area contributed by atoms with Gasteiger partial charge in [0, 0.05) is 35.8 Å². The number of rotatable bonds is 7. The number of amides is 1. The van der Waals surface area contributed by atoms with E-state index >= 15 is 0 Å². The van der Waals surface area contributed by atoms with Gasteiger partial charge in [-0.15, -0.1) is 11.3 Å². The van der Waals surface area contributed by atoms with Crippen LogP contribution in [0.25, 0.3) is 0 Å². The Balaban J connectivity index is 1.31. The highest BCUT2D eigenvalue weighted by molar-refractivity contribution is 7.92. The quantitative estimate of drug-likeness (QED) is 0.319. The van der Waals surface area contributed by atoms with Crippen LogP contribution in [0, 0.1) is 18.3 Å². The zero-order valence-corrected chi connectivity index (χ0v) is 22.4. The Morgan fingerprint density at radius 1 is 1.05 bits per heavy atom. The van der Waals surface area contributed by atoms with Crippen molar-refractivity contribution < 1.29 is 13.2 Å². The number of sulfonamides is 1. The Kier molecular flexibility index (Phi) is 7.29. The van der Waals surface area contributed by atoms with E-state index in [0.717, 1.165) is 42.1 Å². The average Bonchev–Trinajstić information content (AvgIpc) is 3.25. The number of anilines is 2. The number of benzene rings is 3. The molecule has 2 heterocycles. The second kappa shape index (κ2) is 10.8. The lowest BCUT2D eigenvalue weighted by Crippen LogP contribution is -2.29. The SMILES string of the molecule is Cc1ccc(S(=O)(=O)Nc2cccc(C(=O)Nc3sc4c(c3C#N)CCN(Cc3ccccc3)C4)c2)cc1. The zero-order valence-electron chi connectivity index (χ0n) is 20.8. The van der Waals surface area contributed by atoms with Gasteiger partial charge in [-0.2, -0.15) is 5.26 Å². The number of nitriles is 1. The second-order valence-corrected chi connectivity index (χ2v) is 12.0. The maximum Gasteiger partial charge on any atom is 0.261 e. The molecule has 0 radical (unpaired) electrons. The summed E-state index contributed by atoms with van der Waals surface area (Å²) in [6.45, 7) is 4.26. The molecule has 1 aliphatic rings. The largest absolute Gasteiger partial charge is 0.312 e. The average molecular weight is 543 g/mol. The summed E-state index contributed by atoms with van der Waals surface area (Å²) in [4.78, 5) is 16.7. The van der Waals surface area contributed by atoms with Gasteiger partial charge in [0.25, 0.3) is 15.9 Å². The number of hydrogen-bond donors (Lipinski definition) is 2. The summed E-state index contributed by atoms with van der Waals surface area (Å²) in [5.74, 6) is -0.405. The normalized spacial score (nSPS) is 13.4.